The van der Waals surface area contributed by atoms with Gasteiger partial charge in [0.1, 0.15) is 0 Å². The van der Waals surface area contributed by atoms with Gasteiger partial charge in [0, 0.05) is 44.0 Å². The van der Waals surface area contributed by atoms with Crippen LogP contribution in [0.4, 0.5) is 0 Å². The van der Waals surface area contributed by atoms with Crippen molar-refractivity contribution in [1.82, 2.24) is 24.5 Å². The Bertz CT molecular complexity index is 672. The van der Waals surface area contributed by atoms with E-state index in [1.165, 1.54) is 0 Å². The Morgan fingerprint density at radius 3 is 2.86 bits per heavy atom. The highest BCUT2D eigenvalue weighted by Gasteiger charge is 2.30. The van der Waals surface area contributed by atoms with Crippen LogP contribution in [0.2, 0.25) is 0 Å². The molecule has 1 unspecified atom stereocenters. The zero-order chi connectivity index (χ0) is 15.7. The van der Waals surface area contributed by atoms with Crippen LogP contribution in [0.1, 0.15) is 42.3 Å². The molecule has 3 heterocycles. The topological polar surface area (TPSA) is 56.0 Å². The number of aromatic nitrogens is 4. The van der Waals surface area contributed by atoms with Crippen molar-refractivity contribution >= 4 is 5.91 Å². The molecule has 1 atom stereocenters. The summed E-state index contributed by atoms with van der Waals surface area (Å²) in [6.45, 7) is 5.49. The Morgan fingerprint density at radius 1 is 1.41 bits per heavy atom. The molecule has 118 valence electrons. The number of aryl methyl sites for hydroxylation is 4. The van der Waals surface area contributed by atoms with Crippen LogP contribution in [0, 0.1) is 13.8 Å². The molecule has 1 fully saturated rings. The van der Waals surface area contributed by atoms with Crippen molar-refractivity contribution in [3.8, 4) is 0 Å². The van der Waals surface area contributed by atoms with Gasteiger partial charge in [0.25, 0.3) is 0 Å². The first kappa shape index (κ1) is 14.8. The van der Waals surface area contributed by atoms with Crippen molar-refractivity contribution in [3.05, 3.63) is 35.4 Å². The van der Waals surface area contributed by atoms with Gasteiger partial charge in [-0.25, -0.2) is 0 Å². The molecule has 1 aliphatic rings. The predicted octanol–water partition coefficient (Wildman–Crippen LogP) is 1.99. The largest absolute Gasteiger partial charge is 0.335 e. The van der Waals surface area contributed by atoms with Crippen LogP contribution in [-0.2, 0) is 18.4 Å². The van der Waals surface area contributed by atoms with Gasteiger partial charge >= 0.3 is 0 Å². The van der Waals surface area contributed by atoms with Gasteiger partial charge in [0.05, 0.1) is 17.9 Å². The van der Waals surface area contributed by atoms with E-state index in [4.69, 9.17) is 0 Å². The molecule has 0 radical (unpaired) electrons. The molecular weight excluding hydrogens is 278 g/mol. The molecule has 22 heavy (non-hydrogen) atoms. The number of carbonyl (C=O) groups is 1. The van der Waals surface area contributed by atoms with Gasteiger partial charge in [-0.05, 0) is 32.8 Å². The number of amides is 1. The van der Waals surface area contributed by atoms with Crippen molar-refractivity contribution < 1.29 is 4.79 Å². The molecular formula is C16H23N5O. The summed E-state index contributed by atoms with van der Waals surface area (Å²) < 4.78 is 3.72. The third-order valence-corrected chi connectivity index (χ3v) is 4.32. The Labute approximate surface area is 130 Å². The number of carbonyl (C=O) groups excluding carboxylic acids is 1. The summed E-state index contributed by atoms with van der Waals surface area (Å²) in [6.07, 6.45) is 6.47. The SMILES string of the molecule is Cc1cc(C)n(CCC(=O)N2CCCC2c2cnn(C)c2)n1. The molecule has 0 aliphatic carbocycles. The van der Waals surface area contributed by atoms with E-state index in [-0.39, 0.29) is 11.9 Å². The molecule has 2 aromatic heterocycles. The zero-order valence-electron chi connectivity index (χ0n) is 13.5. The standard InChI is InChI=1S/C16H23N5O/c1-12-9-13(2)21(18-12)8-6-16(22)20-7-4-5-15(20)14-10-17-19(3)11-14/h9-11,15H,4-8H2,1-3H3. The molecule has 6 nitrogen and oxygen atoms in total. The fourth-order valence-electron chi connectivity index (χ4n) is 3.27. The second-order valence-electron chi connectivity index (χ2n) is 6.09. The van der Waals surface area contributed by atoms with Gasteiger partial charge in [-0.3, -0.25) is 14.2 Å². The average molecular weight is 301 g/mol. The van der Waals surface area contributed by atoms with E-state index in [0.29, 0.717) is 13.0 Å². The molecule has 0 N–H and O–H groups in total. The first-order chi connectivity index (χ1) is 10.5. The molecule has 3 rings (SSSR count). The van der Waals surface area contributed by atoms with Crippen LogP contribution >= 0.6 is 0 Å². The quantitative estimate of drug-likeness (QED) is 0.868. The van der Waals surface area contributed by atoms with Gasteiger partial charge in [0.2, 0.25) is 5.91 Å². The van der Waals surface area contributed by atoms with Crippen LogP contribution < -0.4 is 0 Å². The van der Waals surface area contributed by atoms with Crippen LogP contribution in [0.5, 0.6) is 0 Å². The van der Waals surface area contributed by atoms with Crippen LogP contribution in [0.3, 0.4) is 0 Å². The van der Waals surface area contributed by atoms with Gasteiger partial charge in [-0.2, -0.15) is 10.2 Å². The molecule has 0 saturated carbocycles. The Kier molecular flexibility index (Phi) is 4.00. The lowest BCUT2D eigenvalue weighted by atomic mass is 10.1. The third-order valence-electron chi connectivity index (χ3n) is 4.32. The average Bonchev–Trinajstić information content (AvgIpc) is 3.16. The van der Waals surface area contributed by atoms with E-state index >= 15 is 0 Å². The summed E-state index contributed by atoms with van der Waals surface area (Å²) in [6, 6.07) is 2.22. The molecule has 0 aromatic carbocycles. The maximum Gasteiger partial charge on any atom is 0.224 e. The van der Waals surface area contributed by atoms with Gasteiger partial charge in [-0.1, -0.05) is 0 Å². The number of rotatable bonds is 4. The highest BCUT2D eigenvalue weighted by atomic mass is 16.2. The minimum Gasteiger partial charge on any atom is -0.335 e. The molecule has 1 saturated heterocycles. The molecule has 1 amide bonds. The van der Waals surface area contributed by atoms with E-state index < -0.39 is 0 Å². The predicted molar refractivity (Wildman–Crippen MR) is 83.2 cm³/mol. The van der Waals surface area contributed by atoms with E-state index in [1.807, 2.05) is 48.9 Å². The molecule has 1 aliphatic heterocycles. The zero-order valence-corrected chi connectivity index (χ0v) is 13.5. The lowest BCUT2D eigenvalue weighted by Crippen LogP contribution is -2.31. The number of hydrogen-bond donors (Lipinski definition) is 0. The van der Waals surface area contributed by atoms with Crippen molar-refractivity contribution in [2.45, 2.75) is 45.7 Å². The van der Waals surface area contributed by atoms with E-state index in [0.717, 1.165) is 36.3 Å². The summed E-state index contributed by atoms with van der Waals surface area (Å²) in [5.41, 5.74) is 3.24. The summed E-state index contributed by atoms with van der Waals surface area (Å²) in [5, 5.41) is 8.65. The van der Waals surface area contributed by atoms with Gasteiger partial charge in [0.15, 0.2) is 0 Å². The number of nitrogens with zero attached hydrogens (tertiary/aromatic N) is 5. The number of hydrogen-bond acceptors (Lipinski definition) is 3. The third kappa shape index (κ3) is 2.91. The second-order valence-corrected chi connectivity index (χ2v) is 6.09. The highest BCUT2D eigenvalue weighted by molar-refractivity contribution is 5.77. The highest BCUT2D eigenvalue weighted by Crippen LogP contribution is 2.32. The van der Waals surface area contributed by atoms with Crippen molar-refractivity contribution in [2.24, 2.45) is 7.05 Å². The van der Waals surface area contributed by atoms with Crippen LogP contribution in [0.15, 0.2) is 18.5 Å². The minimum absolute atomic E-state index is 0.182. The fourth-order valence-corrected chi connectivity index (χ4v) is 3.27. The van der Waals surface area contributed by atoms with Crippen molar-refractivity contribution in [1.29, 1.82) is 0 Å². The van der Waals surface area contributed by atoms with Crippen LogP contribution in [-0.4, -0.2) is 36.9 Å². The Balaban J connectivity index is 1.65. The summed E-state index contributed by atoms with van der Waals surface area (Å²) in [4.78, 5) is 14.6. The Morgan fingerprint density at radius 2 is 2.23 bits per heavy atom. The lowest BCUT2D eigenvalue weighted by molar-refractivity contribution is -0.132. The maximum absolute atomic E-state index is 12.6. The fraction of sp³-hybridized carbons (Fsp3) is 0.562. The number of likely N-dealkylation sites (tertiary alicyclic amines) is 1. The van der Waals surface area contributed by atoms with E-state index in [9.17, 15) is 4.79 Å². The monoisotopic (exact) mass is 301 g/mol. The summed E-state index contributed by atoms with van der Waals surface area (Å²) in [7, 11) is 1.91. The van der Waals surface area contributed by atoms with Gasteiger partial charge < -0.3 is 4.90 Å². The first-order valence-electron chi connectivity index (χ1n) is 7.83. The van der Waals surface area contributed by atoms with Crippen molar-refractivity contribution in [2.75, 3.05) is 6.54 Å². The summed E-state index contributed by atoms with van der Waals surface area (Å²) in [5.74, 6) is 0.207. The summed E-state index contributed by atoms with van der Waals surface area (Å²) >= 11 is 0. The van der Waals surface area contributed by atoms with Gasteiger partial charge in [-0.15, -0.1) is 0 Å². The maximum atomic E-state index is 12.6. The van der Waals surface area contributed by atoms with Crippen LogP contribution in [0.25, 0.3) is 0 Å². The normalized spacial score (nSPS) is 18.1. The Hall–Kier alpha value is -2.11. The molecule has 2 aromatic rings. The molecule has 0 spiro atoms. The lowest BCUT2D eigenvalue weighted by Gasteiger charge is -2.24. The van der Waals surface area contributed by atoms with E-state index in [2.05, 4.69) is 10.2 Å². The second kappa shape index (κ2) is 5.94. The first-order valence-corrected chi connectivity index (χ1v) is 7.83. The molecule has 0 bridgehead atoms. The van der Waals surface area contributed by atoms with E-state index in [1.54, 1.807) is 4.68 Å². The smallest absolute Gasteiger partial charge is 0.224 e. The van der Waals surface area contributed by atoms with Crippen molar-refractivity contribution in [3.63, 3.8) is 0 Å². The molecule has 6 heteroatoms. The minimum atomic E-state index is 0.182.